The lowest BCUT2D eigenvalue weighted by molar-refractivity contribution is 0.0906. The van der Waals surface area contributed by atoms with Gasteiger partial charge in [0, 0.05) is 24.4 Å². The molecular weight excluding hydrogens is 252 g/mol. The largest absolute Gasteiger partial charge is 0.379 e. The number of nitrogens with one attached hydrogen (secondary N) is 1. The topological polar surface area (TPSA) is 51.2 Å². The fourth-order valence-corrected chi connectivity index (χ4v) is 1.88. The number of hydrogen-bond acceptors (Lipinski definition) is 3. The van der Waals surface area contributed by atoms with Crippen LogP contribution < -0.4 is 5.32 Å². The van der Waals surface area contributed by atoms with E-state index >= 15 is 0 Å². The van der Waals surface area contributed by atoms with Gasteiger partial charge in [-0.1, -0.05) is 11.6 Å². The first-order valence-electron chi connectivity index (χ1n) is 6.15. The summed E-state index contributed by atoms with van der Waals surface area (Å²) in [6.45, 7) is 3.70. The number of hydrogen-bond donors (Lipinski definition) is 1. The van der Waals surface area contributed by atoms with Gasteiger partial charge in [-0.15, -0.1) is 0 Å². The zero-order chi connectivity index (χ0) is 13.0. The smallest absolute Gasteiger partial charge is 0.251 e. The van der Waals surface area contributed by atoms with Gasteiger partial charge in [0.2, 0.25) is 0 Å². The van der Waals surface area contributed by atoms with E-state index in [9.17, 15) is 4.79 Å². The Bertz CT molecular complexity index is 413. The molecule has 1 saturated carbocycles. The maximum atomic E-state index is 11.8. The molecule has 1 heterocycles. The first-order valence-corrected chi connectivity index (χ1v) is 6.53. The van der Waals surface area contributed by atoms with E-state index in [1.807, 2.05) is 0 Å². The molecule has 5 heteroatoms. The van der Waals surface area contributed by atoms with Gasteiger partial charge in [-0.25, -0.2) is 4.98 Å². The molecule has 1 fully saturated rings. The zero-order valence-corrected chi connectivity index (χ0v) is 11.2. The van der Waals surface area contributed by atoms with Crippen molar-refractivity contribution in [1.29, 1.82) is 0 Å². The van der Waals surface area contributed by atoms with Gasteiger partial charge in [-0.3, -0.25) is 4.79 Å². The molecule has 1 aliphatic carbocycles. The summed E-state index contributed by atoms with van der Waals surface area (Å²) in [5.74, 6) is 0.611. The van der Waals surface area contributed by atoms with Crippen molar-refractivity contribution >= 4 is 17.5 Å². The van der Waals surface area contributed by atoms with Crippen molar-refractivity contribution in [2.75, 3.05) is 19.8 Å². The van der Waals surface area contributed by atoms with Crippen molar-refractivity contribution in [1.82, 2.24) is 10.3 Å². The number of amides is 1. The fourth-order valence-electron chi connectivity index (χ4n) is 1.63. The van der Waals surface area contributed by atoms with Crippen LogP contribution in [-0.4, -0.2) is 30.6 Å². The van der Waals surface area contributed by atoms with Crippen LogP contribution in [0.3, 0.4) is 0 Å². The van der Waals surface area contributed by atoms with E-state index in [4.69, 9.17) is 16.3 Å². The van der Waals surface area contributed by atoms with Crippen LogP contribution in [0.2, 0.25) is 5.15 Å². The summed E-state index contributed by atoms with van der Waals surface area (Å²) in [7, 11) is 0. The number of pyridine rings is 1. The van der Waals surface area contributed by atoms with Crippen molar-refractivity contribution in [2.45, 2.75) is 19.8 Å². The van der Waals surface area contributed by atoms with Gasteiger partial charge in [0.25, 0.3) is 5.91 Å². The van der Waals surface area contributed by atoms with Crippen LogP contribution in [0.1, 0.15) is 28.9 Å². The average Bonchev–Trinajstić information content (AvgIpc) is 3.11. The van der Waals surface area contributed by atoms with Crippen molar-refractivity contribution in [3.05, 3.63) is 28.5 Å². The molecular formula is C13H17ClN2O2. The van der Waals surface area contributed by atoms with E-state index in [0.29, 0.717) is 23.9 Å². The van der Waals surface area contributed by atoms with Crippen molar-refractivity contribution < 1.29 is 9.53 Å². The highest BCUT2D eigenvalue weighted by atomic mass is 35.5. The first-order chi connectivity index (χ1) is 8.65. The Balaban J connectivity index is 1.72. The van der Waals surface area contributed by atoms with Crippen molar-refractivity contribution in [2.24, 2.45) is 5.92 Å². The summed E-state index contributed by atoms with van der Waals surface area (Å²) in [5, 5.41) is 3.14. The second kappa shape index (κ2) is 6.16. The number of aromatic nitrogens is 1. The first kappa shape index (κ1) is 13.3. The number of carbonyl (C=O) groups excluding carboxylic acids is 1. The van der Waals surface area contributed by atoms with Crippen LogP contribution in [0.15, 0.2) is 12.1 Å². The molecule has 1 amide bonds. The summed E-state index contributed by atoms with van der Waals surface area (Å²) < 4.78 is 5.44. The summed E-state index contributed by atoms with van der Waals surface area (Å²) in [5.41, 5.74) is 1.27. The van der Waals surface area contributed by atoms with E-state index in [0.717, 1.165) is 18.2 Å². The minimum Gasteiger partial charge on any atom is -0.379 e. The minimum atomic E-state index is -0.141. The normalized spacial score (nSPS) is 14.6. The van der Waals surface area contributed by atoms with E-state index in [1.165, 1.54) is 12.8 Å². The van der Waals surface area contributed by atoms with Crippen LogP contribution in [0.5, 0.6) is 0 Å². The lowest BCUT2D eigenvalue weighted by Gasteiger charge is -2.07. The molecule has 18 heavy (non-hydrogen) atoms. The van der Waals surface area contributed by atoms with E-state index in [2.05, 4.69) is 10.3 Å². The molecule has 4 nitrogen and oxygen atoms in total. The number of nitrogens with zero attached hydrogens (tertiary/aromatic N) is 1. The lowest BCUT2D eigenvalue weighted by Crippen LogP contribution is -2.27. The lowest BCUT2D eigenvalue weighted by atomic mass is 10.2. The SMILES string of the molecule is Cc1cc(C(=O)NCCOCC2CC2)cc(Cl)n1. The van der Waals surface area contributed by atoms with Gasteiger partial charge in [-0.2, -0.15) is 0 Å². The third-order valence-electron chi connectivity index (χ3n) is 2.77. The Morgan fingerprint density at radius 3 is 3.00 bits per heavy atom. The van der Waals surface area contributed by atoms with Gasteiger partial charge in [-0.05, 0) is 37.8 Å². The summed E-state index contributed by atoms with van der Waals surface area (Å²) in [4.78, 5) is 15.8. The second-order valence-corrected chi connectivity index (χ2v) is 4.98. The predicted molar refractivity (Wildman–Crippen MR) is 69.9 cm³/mol. The molecule has 0 aromatic carbocycles. The molecule has 0 bridgehead atoms. The highest BCUT2D eigenvalue weighted by Gasteiger charge is 2.20. The number of aryl methyl sites for hydroxylation is 1. The average molecular weight is 269 g/mol. The summed E-state index contributed by atoms with van der Waals surface area (Å²) >= 11 is 5.80. The zero-order valence-electron chi connectivity index (χ0n) is 10.4. The molecule has 1 aromatic rings. The third kappa shape index (κ3) is 4.27. The number of halogens is 1. The Morgan fingerprint density at radius 2 is 2.33 bits per heavy atom. The highest BCUT2D eigenvalue weighted by Crippen LogP contribution is 2.28. The molecule has 0 radical (unpaired) electrons. The molecule has 1 N–H and O–H groups in total. The number of carbonyl (C=O) groups is 1. The standard InChI is InChI=1S/C13H17ClN2O2/c1-9-6-11(7-12(14)16-9)13(17)15-4-5-18-8-10-2-3-10/h6-7,10H,2-5,8H2,1H3,(H,15,17). The molecule has 1 aromatic heterocycles. The molecule has 2 rings (SSSR count). The molecule has 0 unspecified atom stereocenters. The molecule has 0 atom stereocenters. The summed E-state index contributed by atoms with van der Waals surface area (Å²) in [6, 6.07) is 3.28. The highest BCUT2D eigenvalue weighted by molar-refractivity contribution is 6.29. The predicted octanol–water partition coefficient (Wildman–Crippen LogP) is 2.20. The third-order valence-corrected chi connectivity index (χ3v) is 2.96. The Morgan fingerprint density at radius 1 is 1.56 bits per heavy atom. The van der Waals surface area contributed by atoms with Crippen LogP contribution in [0.25, 0.3) is 0 Å². The van der Waals surface area contributed by atoms with Crippen LogP contribution in [0, 0.1) is 12.8 Å². The molecule has 0 spiro atoms. The van der Waals surface area contributed by atoms with Crippen molar-refractivity contribution in [3.8, 4) is 0 Å². The van der Waals surface area contributed by atoms with Gasteiger partial charge in [0.15, 0.2) is 0 Å². The Labute approximate surface area is 112 Å². The Hall–Kier alpha value is -1.13. The van der Waals surface area contributed by atoms with E-state index in [-0.39, 0.29) is 5.91 Å². The maximum Gasteiger partial charge on any atom is 0.251 e. The fraction of sp³-hybridized carbons (Fsp3) is 0.538. The van der Waals surface area contributed by atoms with Gasteiger partial charge < -0.3 is 10.1 Å². The van der Waals surface area contributed by atoms with E-state index < -0.39 is 0 Å². The van der Waals surface area contributed by atoms with Gasteiger partial charge in [0.1, 0.15) is 5.15 Å². The van der Waals surface area contributed by atoms with Gasteiger partial charge in [0.05, 0.1) is 6.61 Å². The maximum absolute atomic E-state index is 11.8. The molecule has 98 valence electrons. The van der Waals surface area contributed by atoms with Gasteiger partial charge >= 0.3 is 0 Å². The molecule has 0 saturated heterocycles. The minimum absolute atomic E-state index is 0.141. The van der Waals surface area contributed by atoms with Crippen LogP contribution in [-0.2, 0) is 4.74 Å². The quantitative estimate of drug-likeness (QED) is 0.636. The van der Waals surface area contributed by atoms with E-state index in [1.54, 1.807) is 19.1 Å². The van der Waals surface area contributed by atoms with Crippen LogP contribution in [0.4, 0.5) is 0 Å². The molecule has 1 aliphatic rings. The monoisotopic (exact) mass is 268 g/mol. The number of ether oxygens (including phenoxy) is 1. The van der Waals surface area contributed by atoms with Crippen LogP contribution >= 0.6 is 11.6 Å². The Kier molecular flexibility index (Phi) is 4.55. The summed E-state index contributed by atoms with van der Waals surface area (Å²) in [6.07, 6.45) is 2.56. The van der Waals surface area contributed by atoms with Crippen molar-refractivity contribution in [3.63, 3.8) is 0 Å². The number of rotatable bonds is 6. The molecule has 0 aliphatic heterocycles. The second-order valence-electron chi connectivity index (χ2n) is 4.59.